The molecule has 11 aromatic rings. The molecule has 0 radical (unpaired) electrons. The summed E-state index contributed by atoms with van der Waals surface area (Å²) in [6, 6.07) is 68.6. The zero-order valence-corrected chi connectivity index (χ0v) is 31.0. The van der Waals surface area contributed by atoms with Crippen LogP contribution < -0.4 is 0 Å². The number of fused-ring (bicyclic) bond motifs is 7. The Morgan fingerprint density at radius 2 is 0.857 bits per heavy atom. The Hall–Kier alpha value is -7.21. The summed E-state index contributed by atoms with van der Waals surface area (Å²) >= 11 is 1.88. The van der Waals surface area contributed by atoms with Crippen LogP contribution in [0.25, 0.3) is 104 Å². The molecule has 262 valence electrons. The van der Waals surface area contributed by atoms with E-state index in [9.17, 15) is 0 Å². The highest BCUT2D eigenvalue weighted by molar-refractivity contribution is 7.26. The first kappa shape index (κ1) is 32.2. The highest BCUT2D eigenvalue weighted by atomic mass is 32.1. The first-order chi connectivity index (χ1) is 27.7. The lowest BCUT2D eigenvalue weighted by molar-refractivity contribution is 1.07. The van der Waals surface area contributed by atoms with E-state index in [2.05, 4.69) is 138 Å². The number of thiophene rings is 1. The summed E-state index contributed by atoms with van der Waals surface area (Å²) in [6.45, 7) is 0. The number of para-hydroxylation sites is 1. The number of benzene rings is 8. The number of rotatable bonds is 6. The van der Waals surface area contributed by atoms with Crippen molar-refractivity contribution in [1.29, 1.82) is 0 Å². The average Bonchev–Trinajstić information content (AvgIpc) is 3.83. The molecule has 56 heavy (non-hydrogen) atoms. The molecule has 3 heterocycles. The van der Waals surface area contributed by atoms with Crippen LogP contribution in [0.2, 0.25) is 0 Å². The normalized spacial score (nSPS) is 11.6. The van der Waals surface area contributed by atoms with Gasteiger partial charge in [0, 0.05) is 53.3 Å². The van der Waals surface area contributed by atoms with Crippen molar-refractivity contribution < 1.29 is 0 Å². The Kier molecular flexibility index (Phi) is 7.64. The minimum Gasteiger partial charge on any atom is -0.309 e. The molecular weight excluding hydrogens is 701 g/mol. The molecule has 0 aliphatic carbocycles. The van der Waals surface area contributed by atoms with Crippen molar-refractivity contribution in [1.82, 2.24) is 19.5 Å². The summed E-state index contributed by atoms with van der Waals surface area (Å²) < 4.78 is 5.08. The highest BCUT2D eigenvalue weighted by Crippen LogP contribution is 2.44. The molecule has 8 aromatic carbocycles. The fourth-order valence-electron chi connectivity index (χ4n) is 7.99. The van der Waals surface area contributed by atoms with E-state index in [0.29, 0.717) is 17.5 Å². The van der Waals surface area contributed by atoms with Crippen LogP contribution in [0, 0.1) is 0 Å². The Bertz CT molecular complexity index is 3180. The van der Waals surface area contributed by atoms with Crippen molar-refractivity contribution in [3.63, 3.8) is 0 Å². The van der Waals surface area contributed by atoms with E-state index in [1.54, 1.807) is 0 Å². The third kappa shape index (κ3) is 5.48. The maximum atomic E-state index is 5.04. The van der Waals surface area contributed by atoms with Crippen LogP contribution in [0.15, 0.2) is 194 Å². The van der Waals surface area contributed by atoms with Crippen molar-refractivity contribution >= 4 is 53.3 Å². The number of nitrogens with zero attached hydrogens (tertiary/aromatic N) is 4. The summed E-state index contributed by atoms with van der Waals surface area (Å²) in [6.07, 6.45) is 0. The van der Waals surface area contributed by atoms with Crippen LogP contribution in [0.5, 0.6) is 0 Å². The van der Waals surface area contributed by atoms with Gasteiger partial charge in [-0.25, -0.2) is 15.0 Å². The van der Waals surface area contributed by atoms with Gasteiger partial charge in [-0.15, -0.1) is 11.3 Å². The molecule has 5 heteroatoms. The van der Waals surface area contributed by atoms with Crippen LogP contribution in [0.1, 0.15) is 0 Å². The summed E-state index contributed by atoms with van der Waals surface area (Å²) in [5.41, 5.74) is 10.8. The van der Waals surface area contributed by atoms with E-state index in [1.807, 2.05) is 72.0 Å². The Morgan fingerprint density at radius 3 is 1.55 bits per heavy atom. The molecule has 11 rings (SSSR count). The largest absolute Gasteiger partial charge is 0.309 e. The van der Waals surface area contributed by atoms with Crippen LogP contribution in [-0.4, -0.2) is 19.5 Å². The summed E-state index contributed by atoms with van der Waals surface area (Å²) in [7, 11) is 0. The van der Waals surface area contributed by atoms with Crippen molar-refractivity contribution in [3.8, 4) is 62.1 Å². The van der Waals surface area contributed by atoms with Crippen LogP contribution in [-0.2, 0) is 0 Å². The van der Waals surface area contributed by atoms with Crippen molar-refractivity contribution in [3.05, 3.63) is 194 Å². The number of aromatic nitrogens is 4. The monoisotopic (exact) mass is 732 g/mol. The zero-order valence-electron chi connectivity index (χ0n) is 30.2. The van der Waals surface area contributed by atoms with Gasteiger partial charge in [-0.1, -0.05) is 152 Å². The molecule has 0 aliphatic heterocycles. The maximum absolute atomic E-state index is 5.04. The highest BCUT2D eigenvalue weighted by Gasteiger charge is 2.19. The lowest BCUT2D eigenvalue weighted by Crippen LogP contribution is -2.00. The van der Waals surface area contributed by atoms with Gasteiger partial charge in [0.1, 0.15) is 0 Å². The van der Waals surface area contributed by atoms with Gasteiger partial charge in [0.05, 0.1) is 11.0 Å². The average molecular weight is 733 g/mol. The second-order valence-electron chi connectivity index (χ2n) is 14.0. The van der Waals surface area contributed by atoms with Crippen molar-refractivity contribution in [2.45, 2.75) is 0 Å². The third-order valence-electron chi connectivity index (χ3n) is 10.6. The predicted octanol–water partition coefficient (Wildman–Crippen LogP) is 13.7. The molecule has 0 spiro atoms. The van der Waals surface area contributed by atoms with Gasteiger partial charge in [0.2, 0.25) is 0 Å². The quantitative estimate of drug-likeness (QED) is 0.171. The molecule has 0 saturated heterocycles. The summed E-state index contributed by atoms with van der Waals surface area (Å²) in [4.78, 5) is 15.0. The van der Waals surface area contributed by atoms with Gasteiger partial charge in [-0.05, 0) is 64.7 Å². The molecule has 0 bridgehead atoms. The topological polar surface area (TPSA) is 43.6 Å². The van der Waals surface area contributed by atoms with E-state index in [0.717, 1.165) is 44.6 Å². The predicted molar refractivity (Wildman–Crippen MR) is 234 cm³/mol. The van der Waals surface area contributed by atoms with E-state index >= 15 is 0 Å². The van der Waals surface area contributed by atoms with Gasteiger partial charge in [-0.2, -0.15) is 0 Å². The number of hydrogen-bond acceptors (Lipinski definition) is 4. The molecule has 3 aromatic heterocycles. The van der Waals surface area contributed by atoms with Crippen molar-refractivity contribution in [2.75, 3.05) is 0 Å². The van der Waals surface area contributed by atoms with Crippen LogP contribution in [0.4, 0.5) is 0 Å². The summed E-state index contributed by atoms with van der Waals surface area (Å²) in [5, 5.41) is 5.17. The lowest BCUT2D eigenvalue weighted by Gasteiger charge is -2.15. The maximum Gasteiger partial charge on any atom is 0.164 e. The van der Waals surface area contributed by atoms with Crippen LogP contribution >= 0.6 is 11.3 Å². The first-order valence-electron chi connectivity index (χ1n) is 18.8. The Balaban J connectivity index is 1.12. The van der Waals surface area contributed by atoms with Gasteiger partial charge >= 0.3 is 0 Å². The Morgan fingerprint density at radius 1 is 0.339 bits per heavy atom. The van der Waals surface area contributed by atoms with E-state index in [-0.39, 0.29) is 0 Å². The zero-order chi connectivity index (χ0) is 37.0. The SMILES string of the molecule is c1ccc(-c2cc(-c3cccc(-c4nc(-c5ccccc5)nc(-c5ccccc5)n4)c3)cc(-n3c4ccccc4c4c5sc6ccccc6c5ccc43)c2)cc1. The minimum absolute atomic E-state index is 0.633. The smallest absolute Gasteiger partial charge is 0.164 e. The van der Waals surface area contributed by atoms with Crippen LogP contribution in [0.3, 0.4) is 0 Å². The molecule has 0 unspecified atom stereocenters. The molecule has 0 aliphatic rings. The molecule has 0 fully saturated rings. The lowest BCUT2D eigenvalue weighted by atomic mass is 9.96. The fraction of sp³-hybridized carbons (Fsp3) is 0. The first-order valence-corrected chi connectivity index (χ1v) is 19.6. The molecule has 0 atom stereocenters. The second kappa shape index (κ2) is 13.3. The van der Waals surface area contributed by atoms with E-state index < -0.39 is 0 Å². The van der Waals surface area contributed by atoms with Gasteiger partial charge < -0.3 is 4.57 Å². The van der Waals surface area contributed by atoms with Gasteiger partial charge in [-0.3, -0.25) is 0 Å². The Labute approximate surface area is 327 Å². The standard InChI is InChI=1S/C51H32N4S/c1-4-15-33(16-5-1)38-30-39(36-21-14-22-37(29-36)51-53-49(34-17-6-2-7-18-34)52-50(54-51)35-19-8-3-9-20-35)32-40(31-38)55-44-25-12-10-24-43(44)47-45(55)28-27-42-41-23-11-13-26-46(41)56-48(42)47/h1-32H. The van der Waals surface area contributed by atoms with Gasteiger partial charge in [0.25, 0.3) is 0 Å². The van der Waals surface area contributed by atoms with Gasteiger partial charge in [0.15, 0.2) is 17.5 Å². The second-order valence-corrected chi connectivity index (χ2v) is 15.1. The fourth-order valence-corrected chi connectivity index (χ4v) is 9.25. The minimum atomic E-state index is 0.633. The molecule has 0 N–H and O–H groups in total. The third-order valence-corrected chi connectivity index (χ3v) is 11.8. The van der Waals surface area contributed by atoms with E-state index in [4.69, 9.17) is 15.0 Å². The van der Waals surface area contributed by atoms with Crippen molar-refractivity contribution in [2.24, 2.45) is 0 Å². The molecular formula is C51H32N4S. The number of hydrogen-bond donors (Lipinski definition) is 0. The molecule has 4 nitrogen and oxygen atoms in total. The summed E-state index contributed by atoms with van der Waals surface area (Å²) in [5.74, 6) is 1.92. The van der Waals surface area contributed by atoms with E-state index in [1.165, 1.54) is 42.0 Å². The molecule has 0 saturated carbocycles. The molecule has 0 amide bonds.